The maximum atomic E-state index is 5.59. The maximum Gasteiger partial charge on any atom is 0.157 e. The van der Waals surface area contributed by atoms with Crippen molar-refractivity contribution < 1.29 is 37.9 Å². The van der Waals surface area contributed by atoms with E-state index in [1.54, 1.807) is 0 Å². The van der Waals surface area contributed by atoms with Gasteiger partial charge in [0.05, 0.1) is 79.3 Å². The van der Waals surface area contributed by atoms with Crippen molar-refractivity contribution in [3.8, 4) is 0 Å². The molecule has 0 radical (unpaired) electrons. The van der Waals surface area contributed by atoms with E-state index in [1.807, 2.05) is 0 Å². The molecule has 1 heterocycles. The molecule has 2 unspecified atom stereocenters. The van der Waals surface area contributed by atoms with Gasteiger partial charge in [0, 0.05) is 13.2 Å². The van der Waals surface area contributed by atoms with Crippen molar-refractivity contribution in [1.82, 2.24) is 0 Å². The molecule has 180 valence electrons. The van der Waals surface area contributed by atoms with Crippen LogP contribution in [0.25, 0.3) is 0 Å². The second-order valence-electron chi connectivity index (χ2n) is 7.32. The number of hydrogen-bond donors (Lipinski definition) is 0. The molecule has 0 aliphatic carbocycles. The molecular weight excluding hydrogens is 392 g/mol. The molecule has 0 aromatic carbocycles. The van der Waals surface area contributed by atoms with Crippen molar-refractivity contribution >= 4 is 0 Å². The van der Waals surface area contributed by atoms with Gasteiger partial charge < -0.3 is 37.9 Å². The molecule has 0 bridgehead atoms. The lowest BCUT2D eigenvalue weighted by Crippen LogP contribution is -2.24. The largest absolute Gasteiger partial charge is 0.379 e. The fourth-order valence-corrected chi connectivity index (χ4v) is 2.58. The topological polar surface area (TPSA) is 73.8 Å². The van der Waals surface area contributed by atoms with Crippen LogP contribution in [0.5, 0.6) is 0 Å². The molecule has 0 aromatic heterocycles. The number of rotatable bonds is 22. The Morgan fingerprint density at radius 1 is 0.667 bits per heavy atom. The second kappa shape index (κ2) is 21.9. The van der Waals surface area contributed by atoms with E-state index < -0.39 is 0 Å². The molecule has 0 saturated carbocycles. The van der Waals surface area contributed by atoms with Gasteiger partial charge in [0.15, 0.2) is 6.29 Å². The first-order valence-corrected chi connectivity index (χ1v) is 11.5. The maximum absolute atomic E-state index is 5.59. The standard InChI is InChI=1S/C22H44O8/c1-3-21(2)20-28-17-16-26-13-12-24-9-8-23-10-11-25-14-15-27-18-19-30-22-6-4-5-7-29-22/h21-22H,3-20H2,1-2H3. The Bertz CT molecular complexity index is 339. The fourth-order valence-electron chi connectivity index (χ4n) is 2.58. The van der Waals surface area contributed by atoms with Crippen molar-refractivity contribution in [2.75, 3.05) is 92.5 Å². The van der Waals surface area contributed by atoms with E-state index in [0.717, 1.165) is 32.5 Å². The minimum atomic E-state index is -0.0498. The predicted octanol–water partition coefficient (Wildman–Crippen LogP) is 2.68. The van der Waals surface area contributed by atoms with E-state index in [4.69, 9.17) is 37.9 Å². The Labute approximate surface area is 182 Å². The molecule has 1 fully saturated rings. The zero-order valence-corrected chi connectivity index (χ0v) is 19.1. The molecule has 0 amide bonds. The van der Waals surface area contributed by atoms with Gasteiger partial charge in [0.25, 0.3) is 0 Å². The zero-order valence-electron chi connectivity index (χ0n) is 19.1. The lowest BCUT2D eigenvalue weighted by Gasteiger charge is -2.22. The Hall–Kier alpha value is -0.320. The molecule has 8 nitrogen and oxygen atoms in total. The molecule has 8 heteroatoms. The summed E-state index contributed by atoms with van der Waals surface area (Å²) in [5.41, 5.74) is 0. The van der Waals surface area contributed by atoms with Crippen LogP contribution in [-0.2, 0) is 37.9 Å². The lowest BCUT2D eigenvalue weighted by atomic mass is 10.1. The first-order chi connectivity index (χ1) is 14.8. The smallest absolute Gasteiger partial charge is 0.157 e. The van der Waals surface area contributed by atoms with E-state index >= 15 is 0 Å². The van der Waals surface area contributed by atoms with Crippen LogP contribution in [-0.4, -0.2) is 98.8 Å². The van der Waals surface area contributed by atoms with Crippen LogP contribution in [0.3, 0.4) is 0 Å². The summed E-state index contributed by atoms with van der Waals surface area (Å²) in [4.78, 5) is 0. The van der Waals surface area contributed by atoms with Gasteiger partial charge in [-0.15, -0.1) is 0 Å². The number of hydrogen-bond acceptors (Lipinski definition) is 8. The highest BCUT2D eigenvalue weighted by Gasteiger charge is 2.13. The van der Waals surface area contributed by atoms with Crippen LogP contribution in [0, 0.1) is 5.92 Å². The SMILES string of the molecule is CCC(C)COCCOCCOCCOCCOCCOCCOC1CCCCO1. The molecule has 30 heavy (non-hydrogen) atoms. The fraction of sp³-hybridized carbons (Fsp3) is 1.00. The summed E-state index contributed by atoms with van der Waals surface area (Å²) < 4.78 is 43.9. The summed E-state index contributed by atoms with van der Waals surface area (Å²) in [5.74, 6) is 0.610. The molecule has 0 aromatic rings. The molecule has 1 aliphatic heterocycles. The van der Waals surface area contributed by atoms with Gasteiger partial charge in [-0.25, -0.2) is 0 Å². The molecule has 1 saturated heterocycles. The minimum Gasteiger partial charge on any atom is -0.379 e. The van der Waals surface area contributed by atoms with Crippen molar-refractivity contribution in [3.05, 3.63) is 0 Å². The Kier molecular flexibility index (Phi) is 20.2. The second-order valence-corrected chi connectivity index (χ2v) is 7.32. The van der Waals surface area contributed by atoms with Gasteiger partial charge in [-0.1, -0.05) is 20.3 Å². The predicted molar refractivity (Wildman–Crippen MR) is 114 cm³/mol. The average Bonchev–Trinajstić information content (AvgIpc) is 2.78. The van der Waals surface area contributed by atoms with Crippen LogP contribution in [0.15, 0.2) is 0 Å². The Balaban J connectivity index is 1.64. The highest BCUT2D eigenvalue weighted by atomic mass is 16.7. The van der Waals surface area contributed by atoms with Gasteiger partial charge >= 0.3 is 0 Å². The summed E-state index contributed by atoms with van der Waals surface area (Å²) >= 11 is 0. The van der Waals surface area contributed by atoms with Gasteiger partial charge in [-0.3, -0.25) is 0 Å². The van der Waals surface area contributed by atoms with Crippen molar-refractivity contribution in [2.24, 2.45) is 5.92 Å². The summed E-state index contributed by atoms with van der Waals surface area (Å²) in [7, 11) is 0. The number of ether oxygens (including phenoxy) is 8. The summed E-state index contributed by atoms with van der Waals surface area (Å²) in [6, 6.07) is 0. The monoisotopic (exact) mass is 436 g/mol. The summed E-state index contributed by atoms with van der Waals surface area (Å²) in [6.45, 7) is 12.8. The van der Waals surface area contributed by atoms with E-state index in [1.165, 1.54) is 6.42 Å². The summed E-state index contributed by atoms with van der Waals surface area (Å²) in [5, 5.41) is 0. The van der Waals surface area contributed by atoms with Crippen LogP contribution in [0.4, 0.5) is 0 Å². The van der Waals surface area contributed by atoms with Crippen LogP contribution < -0.4 is 0 Å². The van der Waals surface area contributed by atoms with Crippen LogP contribution in [0.2, 0.25) is 0 Å². The van der Waals surface area contributed by atoms with E-state index in [2.05, 4.69) is 13.8 Å². The third kappa shape index (κ3) is 18.4. The van der Waals surface area contributed by atoms with Crippen molar-refractivity contribution in [1.29, 1.82) is 0 Å². The van der Waals surface area contributed by atoms with Crippen molar-refractivity contribution in [2.45, 2.75) is 45.8 Å². The van der Waals surface area contributed by atoms with Gasteiger partial charge in [-0.05, 0) is 25.2 Å². The first-order valence-electron chi connectivity index (χ1n) is 11.5. The highest BCUT2D eigenvalue weighted by Crippen LogP contribution is 2.13. The highest BCUT2D eigenvalue weighted by molar-refractivity contribution is 4.53. The molecule has 1 aliphatic rings. The minimum absolute atomic E-state index is 0.0498. The van der Waals surface area contributed by atoms with Gasteiger partial charge in [-0.2, -0.15) is 0 Å². The average molecular weight is 437 g/mol. The molecule has 0 spiro atoms. The third-order valence-corrected chi connectivity index (χ3v) is 4.63. The van der Waals surface area contributed by atoms with Crippen LogP contribution >= 0.6 is 0 Å². The molecule has 1 rings (SSSR count). The summed E-state index contributed by atoms with van der Waals surface area (Å²) in [6.07, 6.45) is 4.39. The Morgan fingerprint density at radius 2 is 1.13 bits per heavy atom. The van der Waals surface area contributed by atoms with E-state index in [0.29, 0.717) is 85.2 Å². The Morgan fingerprint density at radius 3 is 1.57 bits per heavy atom. The van der Waals surface area contributed by atoms with Gasteiger partial charge in [0.2, 0.25) is 0 Å². The van der Waals surface area contributed by atoms with E-state index in [9.17, 15) is 0 Å². The first kappa shape index (κ1) is 27.7. The van der Waals surface area contributed by atoms with Gasteiger partial charge in [0.1, 0.15) is 0 Å². The quantitative estimate of drug-likeness (QED) is 0.240. The molecule has 0 N–H and O–H groups in total. The van der Waals surface area contributed by atoms with Crippen LogP contribution in [0.1, 0.15) is 39.5 Å². The zero-order chi connectivity index (χ0) is 21.5. The lowest BCUT2D eigenvalue weighted by molar-refractivity contribution is -0.169. The molecule has 2 atom stereocenters. The third-order valence-electron chi connectivity index (χ3n) is 4.63. The van der Waals surface area contributed by atoms with Crippen molar-refractivity contribution in [3.63, 3.8) is 0 Å². The van der Waals surface area contributed by atoms with E-state index in [-0.39, 0.29) is 6.29 Å². The molecular formula is C22H44O8. The normalized spacial score (nSPS) is 18.0.